The monoisotopic (exact) mass is 354 g/mol. The van der Waals surface area contributed by atoms with Crippen LogP contribution in [0.4, 0.5) is 5.69 Å². The molecule has 1 N–H and O–H groups in total. The molecule has 1 saturated carbocycles. The van der Waals surface area contributed by atoms with Crippen molar-refractivity contribution in [2.24, 2.45) is 11.8 Å². The highest BCUT2D eigenvalue weighted by atomic mass is 32.2. The summed E-state index contributed by atoms with van der Waals surface area (Å²) in [5, 5.41) is 2.59. The van der Waals surface area contributed by atoms with Crippen LogP contribution in [-0.4, -0.2) is 45.3 Å². The zero-order chi connectivity index (χ0) is 18.1. The van der Waals surface area contributed by atoms with Crippen LogP contribution in [-0.2, 0) is 24.3 Å². The third-order valence-electron chi connectivity index (χ3n) is 4.02. The molecule has 1 amide bonds. The molecule has 24 heavy (non-hydrogen) atoms. The van der Waals surface area contributed by atoms with E-state index in [2.05, 4.69) is 5.32 Å². The number of sulfonamides is 1. The highest BCUT2D eigenvalue weighted by Crippen LogP contribution is 2.38. The minimum absolute atomic E-state index is 0.0807. The Labute approximate surface area is 142 Å². The molecular formula is C16H22N2O5S. The summed E-state index contributed by atoms with van der Waals surface area (Å²) in [7, 11) is -0.718. The maximum Gasteiger partial charge on any atom is 0.309 e. The minimum atomic E-state index is -3.59. The van der Waals surface area contributed by atoms with Gasteiger partial charge in [-0.2, -0.15) is 0 Å². The Bertz CT molecular complexity index is 758. The summed E-state index contributed by atoms with van der Waals surface area (Å²) in [6, 6.07) is 4.49. The summed E-state index contributed by atoms with van der Waals surface area (Å²) in [4.78, 5) is 23.6. The SMILES string of the molecule is Cc1ccc(S(=O)(=O)N(C)C)cc1NC(=O)COC(=O)C1CC1C. The first kappa shape index (κ1) is 18.4. The number of aryl methyl sites for hydroxylation is 1. The molecular weight excluding hydrogens is 332 g/mol. The van der Waals surface area contributed by atoms with E-state index in [4.69, 9.17) is 4.74 Å². The third kappa shape index (κ3) is 4.12. The fourth-order valence-electron chi connectivity index (χ4n) is 2.19. The Morgan fingerprint density at radius 2 is 1.96 bits per heavy atom. The molecule has 1 aromatic carbocycles. The molecule has 1 aliphatic carbocycles. The van der Waals surface area contributed by atoms with Gasteiger partial charge in [-0.1, -0.05) is 13.0 Å². The first-order chi connectivity index (χ1) is 11.1. The molecule has 1 fully saturated rings. The molecule has 0 heterocycles. The van der Waals surface area contributed by atoms with Crippen molar-refractivity contribution in [3.05, 3.63) is 23.8 Å². The van der Waals surface area contributed by atoms with Crippen LogP contribution in [0.3, 0.4) is 0 Å². The lowest BCUT2D eigenvalue weighted by molar-refractivity contribution is -0.148. The van der Waals surface area contributed by atoms with Crippen molar-refractivity contribution >= 4 is 27.6 Å². The minimum Gasteiger partial charge on any atom is -0.455 e. The van der Waals surface area contributed by atoms with E-state index in [0.717, 1.165) is 10.7 Å². The van der Waals surface area contributed by atoms with Gasteiger partial charge in [-0.15, -0.1) is 0 Å². The summed E-state index contributed by atoms with van der Waals surface area (Å²) in [6.45, 7) is 3.32. The number of nitrogens with one attached hydrogen (secondary N) is 1. The predicted molar refractivity (Wildman–Crippen MR) is 88.9 cm³/mol. The highest BCUT2D eigenvalue weighted by Gasteiger charge is 2.40. The zero-order valence-electron chi connectivity index (χ0n) is 14.2. The second-order valence-corrected chi connectivity index (χ2v) is 8.39. The maximum atomic E-state index is 12.2. The van der Waals surface area contributed by atoms with E-state index in [9.17, 15) is 18.0 Å². The van der Waals surface area contributed by atoms with Crippen LogP contribution in [0.5, 0.6) is 0 Å². The molecule has 0 bridgehead atoms. The van der Waals surface area contributed by atoms with Crippen LogP contribution >= 0.6 is 0 Å². The number of ether oxygens (including phenoxy) is 1. The van der Waals surface area contributed by atoms with E-state index in [1.807, 2.05) is 6.92 Å². The van der Waals surface area contributed by atoms with Crippen molar-refractivity contribution in [2.75, 3.05) is 26.0 Å². The van der Waals surface area contributed by atoms with Gasteiger partial charge in [0.1, 0.15) is 0 Å². The molecule has 0 aliphatic heterocycles. The zero-order valence-corrected chi connectivity index (χ0v) is 15.0. The molecule has 1 aliphatic rings. The number of nitrogens with zero attached hydrogens (tertiary/aromatic N) is 1. The Kier molecular flexibility index (Phi) is 5.29. The summed E-state index contributed by atoms with van der Waals surface area (Å²) in [5.74, 6) is -0.652. The summed E-state index contributed by atoms with van der Waals surface area (Å²) in [5.41, 5.74) is 1.09. The Morgan fingerprint density at radius 3 is 2.50 bits per heavy atom. The molecule has 0 radical (unpaired) electrons. The quantitative estimate of drug-likeness (QED) is 0.779. The highest BCUT2D eigenvalue weighted by molar-refractivity contribution is 7.89. The van der Waals surface area contributed by atoms with Crippen LogP contribution in [0.2, 0.25) is 0 Å². The van der Waals surface area contributed by atoms with Crippen LogP contribution < -0.4 is 5.32 Å². The van der Waals surface area contributed by atoms with E-state index in [1.165, 1.54) is 26.2 Å². The Hall–Kier alpha value is -1.93. The van der Waals surface area contributed by atoms with Crippen molar-refractivity contribution in [1.29, 1.82) is 0 Å². The first-order valence-electron chi connectivity index (χ1n) is 7.62. The molecule has 0 spiro atoms. The largest absolute Gasteiger partial charge is 0.455 e. The molecule has 2 unspecified atom stereocenters. The molecule has 7 nitrogen and oxygen atoms in total. The topological polar surface area (TPSA) is 92.8 Å². The summed E-state index contributed by atoms with van der Waals surface area (Å²) < 4.78 is 30.4. The number of hydrogen-bond acceptors (Lipinski definition) is 5. The summed E-state index contributed by atoms with van der Waals surface area (Å²) >= 11 is 0. The van der Waals surface area contributed by atoms with Crippen LogP contribution in [0, 0.1) is 18.8 Å². The lowest BCUT2D eigenvalue weighted by atomic mass is 10.2. The van der Waals surface area contributed by atoms with E-state index in [1.54, 1.807) is 13.0 Å². The van der Waals surface area contributed by atoms with Crippen LogP contribution in [0.15, 0.2) is 23.1 Å². The predicted octanol–water partition coefficient (Wildman–Crippen LogP) is 1.38. The Balaban J connectivity index is 2.03. The van der Waals surface area contributed by atoms with Gasteiger partial charge < -0.3 is 10.1 Å². The number of carbonyl (C=O) groups excluding carboxylic acids is 2. The fourth-order valence-corrected chi connectivity index (χ4v) is 3.12. The van der Waals surface area contributed by atoms with E-state index in [-0.39, 0.29) is 23.4 Å². The maximum absolute atomic E-state index is 12.2. The van der Waals surface area contributed by atoms with Gasteiger partial charge in [0.2, 0.25) is 10.0 Å². The van der Waals surface area contributed by atoms with Crippen molar-refractivity contribution < 1.29 is 22.7 Å². The van der Waals surface area contributed by atoms with Crippen molar-refractivity contribution in [3.8, 4) is 0 Å². The van der Waals surface area contributed by atoms with Crippen molar-refractivity contribution in [2.45, 2.75) is 25.2 Å². The smallest absolute Gasteiger partial charge is 0.309 e. The van der Waals surface area contributed by atoms with E-state index in [0.29, 0.717) is 17.2 Å². The standard InChI is InChI=1S/C16H22N2O5S/c1-10-5-6-12(24(21,22)18(3)4)8-14(10)17-15(19)9-23-16(20)13-7-11(13)2/h5-6,8,11,13H,7,9H2,1-4H3,(H,17,19). The number of carbonyl (C=O) groups is 2. The normalized spacial score (nSPS) is 19.9. The lowest BCUT2D eigenvalue weighted by Gasteiger charge is -2.14. The second kappa shape index (κ2) is 6.90. The molecule has 1 aromatic rings. The van der Waals surface area contributed by atoms with Crippen molar-refractivity contribution in [3.63, 3.8) is 0 Å². The van der Waals surface area contributed by atoms with Crippen LogP contribution in [0.1, 0.15) is 18.9 Å². The second-order valence-electron chi connectivity index (χ2n) is 6.24. The van der Waals surface area contributed by atoms with E-state index >= 15 is 0 Å². The average molecular weight is 354 g/mol. The number of esters is 1. The molecule has 132 valence electrons. The fraction of sp³-hybridized carbons (Fsp3) is 0.500. The molecule has 0 aromatic heterocycles. The van der Waals surface area contributed by atoms with Gasteiger partial charge in [0.15, 0.2) is 6.61 Å². The molecule has 0 saturated heterocycles. The lowest BCUT2D eigenvalue weighted by Crippen LogP contribution is -2.24. The van der Waals surface area contributed by atoms with Gasteiger partial charge in [0.05, 0.1) is 10.8 Å². The molecule has 2 rings (SSSR count). The third-order valence-corrected chi connectivity index (χ3v) is 5.83. The molecule has 8 heteroatoms. The first-order valence-corrected chi connectivity index (χ1v) is 9.06. The van der Waals surface area contributed by atoms with Gasteiger partial charge in [-0.25, -0.2) is 12.7 Å². The van der Waals surface area contributed by atoms with Gasteiger partial charge in [0.25, 0.3) is 5.91 Å². The van der Waals surface area contributed by atoms with Gasteiger partial charge >= 0.3 is 5.97 Å². The number of benzene rings is 1. The Morgan fingerprint density at radius 1 is 1.33 bits per heavy atom. The van der Waals surface area contributed by atoms with Gasteiger partial charge in [0, 0.05) is 19.8 Å². The average Bonchev–Trinajstić information content (AvgIpc) is 3.23. The van der Waals surface area contributed by atoms with Gasteiger partial charge in [-0.3, -0.25) is 9.59 Å². The van der Waals surface area contributed by atoms with E-state index < -0.39 is 15.9 Å². The number of rotatable bonds is 6. The van der Waals surface area contributed by atoms with Gasteiger partial charge in [-0.05, 0) is 37.0 Å². The number of hydrogen-bond donors (Lipinski definition) is 1. The number of anilines is 1. The van der Waals surface area contributed by atoms with Crippen LogP contribution in [0.25, 0.3) is 0 Å². The van der Waals surface area contributed by atoms with Crippen molar-refractivity contribution in [1.82, 2.24) is 4.31 Å². The number of amides is 1. The summed E-state index contributed by atoms with van der Waals surface area (Å²) in [6.07, 6.45) is 0.796. The molecule has 2 atom stereocenters.